The number of fused-ring (bicyclic) bond motifs is 1. The van der Waals surface area contributed by atoms with Crippen molar-refractivity contribution in [1.29, 1.82) is 0 Å². The second-order valence-corrected chi connectivity index (χ2v) is 11.4. The molecule has 32 heavy (non-hydrogen) atoms. The van der Waals surface area contributed by atoms with Gasteiger partial charge in [-0.1, -0.05) is 18.9 Å². The Morgan fingerprint density at radius 1 is 1.25 bits per heavy atom. The molecule has 2 heterocycles. The summed E-state index contributed by atoms with van der Waals surface area (Å²) >= 11 is 1.39. The van der Waals surface area contributed by atoms with Crippen LogP contribution in [0, 0.1) is 5.92 Å². The summed E-state index contributed by atoms with van der Waals surface area (Å²) in [6.45, 7) is 3.09. The largest absolute Gasteiger partial charge is 0.355 e. The second-order valence-electron chi connectivity index (χ2n) is 8.83. The maximum absolute atomic E-state index is 12.9. The SMILES string of the molecule is CC1(CC2CC2)CCN(C(=O)c2ccc(NS(=O)(=O)c3cccc4scnc34)cc2)CO1. The number of sulfonamides is 1. The van der Waals surface area contributed by atoms with Crippen LogP contribution in [0.25, 0.3) is 10.2 Å². The first-order valence-corrected chi connectivity index (χ1v) is 13.1. The minimum absolute atomic E-state index is 0.111. The molecule has 1 aromatic heterocycles. The van der Waals surface area contributed by atoms with Crippen molar-refractivity contribution in [3.05, 3.63) is 53.5 Å². The number of anilines is 1. The van der Waals surface area contributed by atoms with Gasteiger partial charge in [0, 0.05) is 17.8 Å². The number of rotatable bonds is 6. The molecule has 5 rings (SSSR count). The number of ether oxygens (including phenoxy) is 1. The number of hydrogen-bond acceptors (Lipinski definition) is 6. The lowest BCUT2D eigenvalue weighted by Crippen LogP contribution is -2.47. The number of nitrogens with zero attached hydrogens (tertiary/aromatic N) is 2. The fraction of sp³-hybridized carbons (Fsp3) is 0.391. The molecular formula is C23H25N3O4S2. The Morgan fingerprint density at radius 2 is 2.03 bits per heavy atom. The number of carbonyl (C=O) groups excluding carboxylic acids is 1. The number of carbonyl (C=O) groups is 1. The zero-order valence-electron chi connectivity index (χ0n) is 17.8. The van der Waals surface area contributed by atoms with Crippen molar-refractivity contribution in [2.24, 2.45) is 5.92 Å². The molecule has 3 aromatic rings. The second kappa shape index (κ2) is 8.13. The third kappa shape index (κ3) is 4.37. The van der Waals surface area contributed by atoms with E-state index in [1.165, 1.54) is 30.2 Å². The third-order valence-corrected chi connectivity index (χ3v) is 8.39. The molecule has 1 N–H and O–H groups in total. The maximum atomic E-state index is 12.9. The van der Waals surface area contributed by atoms with E-state index in [-0.39, 0.29) is 23.1 Å². The van der Waals surface area contributed by atoms with E-state index in [2.05, 4.69) is 16.6 Å². The van der Waals surface area contributed by atoms with Crippen LogP contribution in [0.5, 0.6) is 0 Å². The van der Waals surface area contributed by atoms with E-state index in [0.29, 0.717) is 23.3 Å². The lowest BCUT2D eigenvalue weighted by atomic mass is 9.93. The van der Waals surface area contributed by atoms with Crippen molar-refractivity contribution in [2.45, 2.75) is 43.1 Å². The molecule has 1 amide bonds. The van der Waals surface area contributed by atoms with Crippen LogP contribution in [0.1, 0.15) is 43.0 Å². The summed E-state index contributed by atoms with van der Waals surface area (Å²) in [6, 6.07) is 11.6. The van der Waals surface area contributed by atoms with Crippen LogP contribution < -0.4 is 4.72 Å². The first-order chi connectivity index (χ1) is 15.3. The summed E-state index contributed by atoms with van der Waals surface area (Å²) in [5, 5.41) is 0. The van der Waals surface area contributed by atoms with Crippen LogP contribution >= 0.6 is 11.3 Å². The van der Waals surface area contributed by atoms with Gasteiger partial charge in [0.15, 0.2) is 0 Å². The molecule has 9 heteroatoms. The van der Waals surface area contributed by atoms with Crippen molar-refractivity contribution < 1.29 is 17.9 Å². The molecule has 2 aliphatic rings. The standard InChI is InChI=1S/C23H25N3O4S2/c1-23(13-16-5-6-16)11-12-26(15-30-23)22(27)17-7-9-18(10-8-17)25-32(28,29)20-4-2-3-19-21(20)24-14-31-19/h2-4,7-10,14,16,25H,5-6,11-13,15H2,1H3. The van der Waals surface area contributed by atoms with Crippen molar-refractivity contribution >= 4 is 43.2 Å². The van der Waals surface area contributed by atoms with Gasteiger partial charge in [-0.25, -0.2) is 13.4 Å². The van der Waals surface area contributed by atoms with E-state index in [9.17, 15) is 13.2 Å². The molecule has 0 bridgehead atoms. The van der Waals surface area contributed by atoms with E-state index < -0.39 is 10.0 Å². The summed E-state index contributed by atoms with van der Waals surface area (Å²) in [5.74, 6) is 0.668. The third-order valence-electron chi connectivity index (χ3n) is 6.18. The Hall–Kier alpha value is -2.49. The Kier molecular flexibility index (Phi) is 5.43. The zero-order chi connectivity index (χ0) is 22.3. The van der Waals surface area contributed by atoms with E-state index in [4.69, 9.17) is 4.74 Å². The topological polar surface area (TPSA) is 88.6 Å². The van der Waals surface area contributed by atoms with Gasteiger partial charge in [-0.05, 0) is 62.1 Å². The summed E-state index contributed by atoms with van der Waals surface area (Å²) in [4.78, 5) is 18.9. The molecule has 2 fully saturated rings. The van der Waals surface area contributed by atoms with Gasteiger partial charge < -0.3 is 9.64 Å². The average Bonchev–Trinajstić information content (AvgIpc) is 3.44. The molecule has 168 valence electrons. The zero-order valence-corrected chi connectivity index (χ0v) is 19.4. The minimum atomic E-state index is -3.80. The van der Waals surface area contributed by atoms with Crippen LogP contribution in [0.3, 0.4) is 0 Å². The summed E-state index contributed by atoms with van der Waals surface area (Å²) in [6.07, 6.45) is 4.47. The van der Waals surface area contributed by atoms with Gasteiger partial charge in [-0.15, -0.1) is 11.3 Å². The number of thiazole rings is 1. The van der Waals surface area contributed by atoms with Gasteiger partial charge in [0.2, 0.25) is 0 Å². The van der Waals surface area contributed by atoms with E-state index >= 15 is 0 Å². The van der Waals surface area contributed by atoms with E-state index in [0.717, 1.165) is 23.5 Å². The van der Waals surface area contributed by atoms with Gasteiger partial charge in [-0.3, -0.25) is 9.52 Å². The van der Waals surface area contributed by atoms with Gasteiger partial charge in [0.05, 0.1) is 15.8 Å². The Bertz CT molecular complexity index is 1240. The number of aromatic nitrogens is 1. The smallest absolute Gasteiger partial charge is 0.264 e. The fourth-order valence-electron chi connectivity index (χ4n) is 4.15. The van der Waals surface area contributed by atoms with Crippen molar-refractivity contribution in [3.63, 3.8) is 0 Å². The number of hydrogen-bond donors (Lipinski definition) is 1. The van der Waals surface area contributed by atoms with Crippen LogP contribution in [0.15, 0.2) is 52.9 Å². The predicted molar refractivity (Wildman–Crippen MR) is 124 cm³/mol. The lowest BCUT2D eigenvalue weighted by molar-refractivity contribution is -0.121. The molecular weight excluding hydrogens is 446 g/mol. The highest BCUT2D eigenvalue weighted by molar-refractivity contribution is 7.93. The van der Waals surface area contributed by atoms with Crippen LogP contribution in [-0.4, -0.2) is 43.1 Å². The van der Waals surface area contributed by atoms with E-state index in [1.54, 1.807) is 40.7 Å². The van der Waals surface area contributed by atoms with Gasteiger partial charge in [0.1, 0.15) is 17.1 Å². The van der Waals surface area contributed by atoms with Crippen LogP contribution in [0.4, 0.5) is 5.69 Å². The quantitative estimate of drug-likeness (QED) is 0.573. The molecule has 2 aromatic carbocycles. The van der Waals surface area contributed by atoms with Gasteiger partial charge in [-0.2, -0.15) is 0 Å². The molecule has 7 nitrogen and oxygen atoms in total. The number of nitrogens with one attached hydrogen (secondary N) is 1. The molecule has 1 atom stereocenters. The first kappa shape index (κ1) is 21.4. The highest BCUT2D eigenvalue weighted by atomic mass is 32.2. The molecule has 1 saturated carbocycles. The first-order valence-electron chi connectivity index (χ1n) is 10.7. The van der Waals surface area contributed by atoms with E-state index in [1.807, 2.05) is 6.07 Å². The molecule has 1 aliphatic carbocycles. The molecule has 0 spiro atoms. The van der Waals surface area contributed by atoms with Crippen molar-refractivity contribution in [2.75, 3.05) is 18.0 Å². The van der Waals surface area contributed by atoms with Crippen LogP contribution in [-0.2, 0) is 14.8 Å². The normalized spacial score (nSPS) is 21.6. The van der Waals surface area contributed by atoms with Gasteiger partial charge in [0.25, 0.3) is 15.9 Å². The molecule has 1 unspecified atom stereocenters. The Labute approximate surface area is 191 Å². The highest BCUT2D eigenvalue weighted by Gasteiger charge is 2.38. The molecule has 1 saturated heterocycles. The fourth-order valence-corrected chi connectivity index (χ4v) is 6.15. The predicted octanol–water partition coefficient (Wildman–Crippen LogP) is 4.48. The van der Waals surface area contributed by atoms with Crippen molar-refractivity contribution in [1.82, 2.24) is 9.88 Å². The number of amides is 1. The summed E-state index contributed by atoms with van der Waals surface area (Å²) in [7, 11) is -3.80. The maximum Gasteiger partial charge on any atom is 0.264 e. The summed E-state index contributed by atoms with van der Waals surface area (Å²) < 4.78 is 35.2. The van der Waals surface area contributed by atoms with Gasteiger partial charge >= 0.3 is 0 Å². The van der Waals surface area contributed by atoms with Crippen molar-refractivity contribution in [3.8, 4) is 0 Å². The molecule has 1 aliphatic heterocycles. The average molecular weight is 472 g/mol. The Morgan fingerprint density at radius 3 is 2.72 bits per heavy atom. The number of para-hydroxylation sites is 1. The summed E-state index contributed by atoms with van der Waals surface area (Å²) in [5.41, 5.74) is 2.84. The lowest BCUT2D eigenvalue weighted by Gasteiger charge is -2.39. The van der Waals surface area contributed by atoms with Crippen LogP contribution in [0.2, 0.25) is 0 Å². The minimum Gasteiger partial charge on any atom is -0.355 e. The monoisotopic (exact) mass is 471 g/mol. The molecule has 0 radical (unpaired) electrons. The highest BCUT2D eigenvalue weighted by Crippen LogP contribution is 2.40. The Balaban J connectivity index is 1.25. The number of benzene rings is 2.